The Labute approximate surface area is 147 Å². The van der Waals surface area contributed by atoms with Crippen LogP contribution in [0.15, 0.2) is 72.8 Å². The molecule has 2 N–H and O–H groups in total. The lowest BCUT2D eigenvalue weighted by molar-refractivity contribution is -0.120. The van der Waals surface area contributed by atoms with Crippen LogP contribution >= 0.6 is 0 Å². The van der Waals surface area contributed by atoms with Crippen LogP contribution in [0.2, 0.25) is 0 Å². The Kier molecular flexibility index (Phi) is 4.41. The number of aryl methyl sites for hydroxylation is 2. The molecular weight excluding hydrogens is 313 g/mol. The lowest BCUT2D eigenvalue weighted by Gasteiger charge is -2.33. The standard InChI is InChI=1S/C22H20FNO/c1-15-3-7-17(8-4-15)22(21(24)25,18-9-5-16(2)6-10-18)19-11-13-20(23)14-12-19/h3-14H,1-2H3,(H2,24,25). The van der Waals surface area contributed by atoms with Gasteiger partial charge in [-0.2, -0.15) is 0 Å². The summed E-state index contributed by atoms with van der Waals surface area (Å²) in [5, 5.41) is 0. The molecule has 126 valence electrons. The monoisotopic (exact) mass is 333 g/mol. The van der Waals surface area contributed by atoms with Crippen LogP contribution in [0, 0.1) is 19.7 Å². The Morgan fingerprint density at radius 3 is 1.36 bits per heavy atom. The molecule has 0 aliphatic rings. The third-order valence-corrected chi connectivity index (χ3v) is 4.62. The van der Waals surface area contributed by atoms with E-state index in [0.29, 0.717) is 5.56 Å². The van der Waals surface area contributed by atoms with Crippen molar-refractivity contribution in [1.82, 2.24) is 0 Å². The molecule has 0 aromatic heterocycles. The SMILES string of the molecule is Cc1ccc(C(C(N)=O)(c2ccc(C)cc2)c2ccc(F)cc2)cc1. The first kappa shape index (κ1) is 16.9. The third kappa shape index (κ3) is 2.93. The van der Waals surface area contributed by atoms with Crippen LogP contribution in [0.5, 0.6) is 0 Å². The first-order valence-corrected chi connectivity index (χ1v) is 8.15. The Morgan fingerprint density at radius 1 is 0.720 bits per heavy atom. The van der Waals surface area contributed by atoms with E-state index in [9.17, 15) is 9.18 Å². The van der Waals surface area contributed by atoms with E-state index in [2.05, 4.69) is 0 Å². The maximum atomic E-state index is 13.5. The summed E-state index contributed by atoms with van der Waals surface area (Å²) in [5.74, 6) is -0.846. The van der Waals surface area contributed by atoms with Crippen molar-refractivity contribution in [3.8, 4) is 0 Å². The average Bonchev–Trinajstić information content (AvgIpc) is 2.60. The van der Waals surface area contributed by atoms with E-state index < -0.39 is 11.3 Å². The van der Waals surface area contributed by atoms with Gasteiger partial charge in [0.25, 0.3) is 0 Å². The first-order valence-electron chi connectivity index (χ1n) is 8.15. The molecule has 0 saturated heterocycles. The number of amides is 1. The van der Waals surface area contributed by atoms with Crippen molar-refractivity contribution in [3.05, 3.63) is 106 Å². The quantitative estimate of drug-likeness (QED) is 0.712. The Bertz CT molecular complexity index is 770. The number of halogens is 1. The fraction of sp³-hybridized carbons (Fsp3) is 0.136. The van der Waals surface area contributed by atoms with Gasteiger partial charge in [-0.3, -0.25) is 4.79 Å². The fourth-order valence-corrected chi connectivity index (χ4v) is 3.23. The highest BCUT2D eigenvalue weighted by atomic mass is 19.1. The molecule has 2 nitrogen and oxygen atoms in total. The van der Waals surface area contributed by atoms with Crippen LogP contribution in [-0.2, 0) is 10.2 Å². The summed E-state index contributed by atoms with van der Waals surface area (Å²) in [6.45, 7) is 3.97. The number of primary amides is 1. The second kappa shape index (κ2) is 6.52. The predicted octanol–water partition coefficient (Wildman–Crippen LogP) is 4.26. The Balaban J connectivity index is 2.35. The van der Waals surface area contributed by atoms with Gasteiger partial charge >= 0.3 is 0 Å². The summed E-state index contributed by atoms with van der Waals surface area (Å²) >= 11 is 0. The molecule has 3 rings (SSSR count). The van der Waals surface area contributed by atoms with Crippen LogP contribution < -0.4 is 5.73 Å². The normalized spacial score (nSPS) is 11.3. The topological polar surface area (TPSA) is 43.1 Å². The van der Waals surface area contributed by atoms with Crippen molar-refractivity contribution >= 4 is 5.91 Å². The van der Waals surface area contributed by atoms with E-state index in [1.54, 1.807) is 12.1 Å². The Hall–Kier alpha value is -2.94. The van der Waals surface area contributed by atoms with E-state index in [4.69, 9.17) is 5.73 Å². The number of benzene rings is 3. The minimum Gasteiger partial charge on any atom is -0.368 e. The van der Waals surface area contributed by atoms with Gasteiger partial charge < -0.3 is 5.73 Å². The van der Waals surface area contributed by atoms with Gasteiger partial charge in [0.05, 0.1) is 0 Å². The highest BCUT2D eigenvalue weighted by Crippen LogP contribution is 2.39. The summed E-state index contributed by atoms with van der Waals surface area (Å²) < 4.78 is 13.5. The van der Waals surface area contributed by atoms with Gasteiger partial charge in [-0.05, 0) is 42.7 Å². The number of carbonyl (C=O) groups excluding carboxylic acids is 1. The number of hydrogen-bond donors (Lipinski definition) is 1. The molecule has 0 fully saturated rings. The molecule has 0 saturated carbocycles. The molecule has 0 aliphatic carbocycles. The molecule has 0 unspecified atom stereocenters. The van der Waals surface area contributed by atoms with Gasteiger partial charge in [-0.25, -0.2) is 4.39 Å². The largest absolute Gasteiger partial charge is 0.368 e. The zero-order valence-electron chi connectivity index (χ0n) is 14.3. The molecule has 3 aromatic carbocycles. The molecule has 0 aliphatic heterocycles. The van der Waals surface area contributed by atoms with E-state index in [1.807, 2.05) is 62.4 Å². The second-order valence-electron chi connectivity index (χ2n) is 6.35. The van der Waals surface area contributed by atoms with E-state index in [1.165, 1.54) is 12.1 Å². The van der Waals surface area contributed by atoms with Gasteiger partial charge in [-0.1, -0.05) is 71.8 Å². The molecule has 3 aromatic rings. The van der Waals surface area contributed by atoms with Crippen molar-refractivity contribution in [3.63, 3.8) is 0 Å². The number of carbonyl (C=O) groups is 1. The van der Waals surface area contributed by atoms with Crippen molar-refractivity contribution in [2.24, 2.45) is 5.73 Å². The van der Waals surface area contributed by atoms with Gasteiger partial charge in [0.15, 0.2) is 0 Å². The van der Waals surface area contributed by atoms with Gasteiger partial charge in [0.2, 0.25) is 5.91 Å². The van der Waals surface area contributed by atoms with Crippen molar-refractivity contribution in [1.29, 1.82) is 0 Å². The van der Waals surface area contributed by atoms with Crippen LogP contribution in [-0.4, -0.2) is 5.91 Å². The van der Waals surface area contributed by atoms with E-state index >= 15 is 0 Å². The maximum absolute atomic E-state index is 13.5. The average molecular weight is 333 g/mol. The summed E-state index contributed by atoms with van der Waals surface area (Å²) in [5.41, 5.74) is 9.13. The highest BCUT2D eigenvalue weighted by molar-refractivity contribution is 5.95. The number of hydrogen-bond acceptors (Lipinski definition) is 1. The minimum atomic E-state index is -1.17. The van der Waals surface area contributed by atoms with Crippen molar-refractivity contribution in [2.45, 2.75) is 19.3 Å². The number of rotatable bonds is 4. The smallest absolute Gasteiger partial charge is 0.237 e. The molecule has 3 heteroatoms. The second-order valence-corrected chi connectivity index (χ2v) is 6.35. The lowest BCUT2D eigenvalue weighted by atomic mass is 9.68. The van der Waals surface area contributed by atoms with Crippen molar-refractivity contribution in [2.75, 3.05) is 0 Å². The number of nitrogens with two attached hydrogens (primary N) is 1. The maximum Gasteiger partial charge on any atom is 0.237 e. The minimum absolute atomic E-state index is 0.352. The van der Waals surface area contributed by atoms with Crippen molar-refractivity contribution < 1.29 is 9.18 Å². The van der Waals surface area contributed by atoms with Crippen LogP contribution in [0.4, 0.5) is 4.39 Å². The third-order valence-electron chi connectivity index (χ3n) is 4.62. The van der Waals surface area contributed by atoms with Crippen LogP contribution in [0.25, 0.3) is 0 Å². The molecule has 0 bridgehead atoms. The molecule has 0 spiro atoms. The first-order chi connectivity index (χ1) is 11.9. The summed E-state index contributed by atoms with van der Waals surface area (Å²) in [6, 6.07) is 21.4. The molecule has 1 amide bonds. The zero-order chi connectivity index (χ0) is 18.0. The van der Waals surface area contributed by atoms with Crippen LogP contribution in [0.3, 0.4) is 0 Å². The fourth-order valence-electron chi connectivity index (χ4n) is 3.23. The molecule has 0 radical (unpaired) electrons. The molecule has 0 atom stereocenters. The van der Waals surface area contributed by atoms with Gasteiger partial charge in [0, 0.05) is 0 Å². The van der Waals surface area contributed by atoms with E-state index in [0.717, 1.165) is 22.3 Å². The summed E-state index contributed by atoms with van der Waals surface area (Å²) in [4.78, 5) is 12.8. The van der Waals surface area contributed by atoms with Gasteiger partial charge in [-0.15, -0.1) is 0 Å². The van der Waals surface area contributed by atoms with E-state index in [-0.39, 0.29) is 5.82 Å². The van der Waals surface area contributed by atoms with Crippen LogP contribution in [0.1, 0.15) is 27.8 Å². The molecule has 0 heterocycles. The summed E-state index contributed by atoms with van der Waals surface area (Å²) in [7, 11) is 0. The predicted molar refractivity (Wildman–Crippen MR) is 97.8 cm³/mol. The highest BCUT2D eigenvalue weighted by Gasteiger charge is 2.42. The lowest BCUT2D eigenvalue weighted by Crippen LogP contribution is -2.43. The zero-order valence-corrected chi connectivity index (χ0v) is 14.3. The van der Waals surface area contributed by atoms with Gasteiger partial charge in [0.1, 0.15) is 11.2 Å². The molecule has 25 heavy (non-hydrogen) atoms. The summed E-state index contributed by atoms with van der Waals surface area (Å²) in [6.07, 6.45) is 0. The Morgan fingerprint density at radius 2 is 1.04 bits per heavy atom. The molecular formula is C22H20FNO.